The zero-order valence-electron chi connectivity index (χ0n) is 11.6. The molecule has 2 aliphatic heterocycles. The van der Waals surface area contributed by atoms with Crippen molar-refractivity contribution in [3.63, 3.8) is 0 Å². The topological polar surface area (TPSA) is 70.1 Å². The van der Waals surface area contributed by atoms with E-state index in [-0.39, 0.29) is 30.0 Å². The molecule has 3 atom stereocenters. The molecule has 6 nitrogen and oxygen atoms in total. The number of hydrogen-bond acceptors (Lipinski definition) is 3. The maximum atomic E-state index is 12.5. The molecule has 3 unspecified atom stereocenters. The van der Waals surface area contributed by atoms with Crippen LogP contribution in [0.15, 0.2) is 0 Å². The van der Waals surface area contributed by atoms with E-state index in [1.165, 1.54) is 4.90 Å². The van der Waals surface area contributed by atoms with Crippen LogP contribution in [0.1, 0.15) is 26.2 Å². The fourth-order valence-corrected chi connectivity index (χ4v) is 3.01. The highest BCUT2D eigenvalue weighted by Crippen LogP contribution is 2.23. The summed E-state index contributed by atoms with van der Waals surface area (Å²) in [5.41, 5.74) is 0. The summed E-state index contributed by atoms with van der Waals surface area (Å²) in [6, 6.07) is -0.275. The minimum Gasteiger partial charge on any atom is -0.465 e. The number of rotatable bonds is 3. The second-order valence-corrected chi connectivity index (χ2v) is 5.81. The Bertz CT molecular complexity index is 373. The number of piperazine rings is 1. The van der Waals surface area contributed by atoms with E-state index in [4.69, 9.17) is 21.4 Å². The quantitative estimate of drug-likeness (QED) is 0.800. The van der Waals surface area contributed by atoms with Crippen molar-refractivity contribution in [1.29, 1.82) is 0 Å². The minimum absolute atomic E-state index is 0.0448. The number of carboxylic acid groups (broad SMARTS) is 1. The predicted octanol–water partition coefficient (Wildman–Crippen LogP) is 1.37. The normalized spacial score (nSPS) is 28.5. The highest BCUT2D eigenvalue weighted by atomic mass is 35.5. The molecule has 2 amide bonds. The Morgan fingerprint density at radius 3 is 2.75 bits per heavy atom. The molecule has 0 aromatic heterocycles. The van der Waals surface area contributed by atoms with Gasteiger partial charge < -0.3 is 19.6 Å². The van der Waals surface area contributed by atoms with Crippen molar-refractivity contribution in [3.05, 3.63) is 0 Å². The lowest BCUT2D eigenvalue weighted by Crippen LogP contribution is -2.60. The average molecular weight is 305 g/mol. The van der Waals surface area contributed by atoms with Gasteiger partial charge in [0, 0.05) is 26.2 Å². The molecule has 2 aliphatic rings. The molecular formula is C13H21ClN2O4. The highest BCUT2D eigenvalue weighted by Gasteiger charge is 2.39. The van der Waals surface area contributed by atoms with Crippen LogP contribution in [-0.2, 0) is 9.53 Å². The van der Waals surface area contributed by atoms with E-state index in [0.29, 0.717) is 26.1 Å². The molecule has 0 radical (unpaired) electrons. The number of nitrogens with zero attached hydrogens (tertiary/aromatic N) is 2. The Morgan fingerprint density at radius 2 is 2.20 bits per heavy atom. The highest BCUT2D eigenvalue weighted by molar-refractivity contribution is 6.21. The van der Waals surface area contributed by atoms with Crippen LogP contribution in [0.3, 0.4) is 0 Å². The third-order valence-electron chi connectivity index (χ3n) is 3.98. The van der Waals surface area contributed by atoms with E-state index in [2.05, 4.69) is 0 Å². The van der Waals surface area contributed by atoms with Crippen molar-refractivity contribution in [3.8, 4) is 0 Å². The monoisotopic (exact) mass is 304 g/mol. The lowest BCUT2D eigenvalue weighted by molar-refractivity contribution is -0.145. The van der Waals surface area contributed by atoms with Gasteiger partial charge in [0.2, 0.25) is 0 Å². The molecule has 114 valence electrons. The number of carbonyl (C=O) groups is 2. The van der Waals surface area contributed by atoms with Crippen molar-refractivity contribution in [2.24, 2.45) is 0 Å². The fourth-order valence-electron chi connectivity index (χ4n) is 2.80. The average Bonchev–Trinajstić information content (AvgIpc) is 2.99. The number of ether oxygens (including phenoxy) is 1. The third-order valence-corrected chi connectivity index (χ3v) is 4.58. The first-order chi connectivity index (χ1) is 9.54. The molecule has 2 rings (SSSR count). The Kier molecular flexibility index (Phi) is 5.10. The van der Waals surface area contributed by atoms with E-state index in [1.807, 2.05) is 6.92 Å². The second-order valence-electron chi connectivity index (χ2n) is 5.25. The van der Waals surface area contributed by atoms with Gasteiger partial charge in [0.15, 0.2) is 0 Å². The molecule has 1 N–H and O–H groups in total. The van der Waals surface area contributed by atoms with Crippen molar-refractivity contribution in [2.75, 3.05) is 26.2 Å². The lowest BCUT2D eigenvalue weighted by Gasteiger charge is -2.43. The maximum Gasteiger partial charge on any atom is 0.407 e. The number of amides is 2. The Labute approximate surface area is 123 Å². The first kappa shape index (κ1) is 15.4. The van der Waals surface area contributed by atoms with Crippen molar-refractivity contribution < 1.29 is 19.4 Å². The van der Waals surface area contributed by atoms with E-state index in [0.717, 1.165) is 12.8 Å². The van der Waals surface area contributed by atoms with Crippen molar-refractivity contribution in [1.82, 2.24) is 9.80 Å². The number of carbonyl (C=O) groups excluding carboxylic acids is 1. The largest absolute Gasteiger partial charge is 0.465 e. The standard InChI is InChI=1S/C13H21ClN2O4/c1-2-9(14)10-8-15(13(18)19)5-6-16(10)12(17)11-4-3-7-20-11/h9-11H,2-8H2,1H3,(H,18,19). The van der Waals surface area contributed by atoms with Gasteiger partial charge in [0.1, 0.15) is 6.10 Å². The van der Waals surface area contributed by atoms with Crippen molar-refractivity contribution in [2.45, 2.75) is 43.7 Å². The van der Waals surface area contributed by atoms with Gasteiger partial charge in [-0.25, -0.2) is 4.79 Å². The second kappa shape index (κ2) is 6.63. The summed E-state index contributed by atoms with van der Waals surface area (Å²) in [5, 5.41) is 8.85. The molecular weight excluding hydrogens is 284 g/mol. The van der Waals surface area contributed by atoms with Gasteiger partial charge in [-0.2, -0.15) is 0 Å². The molecule has 2 fully saturated rings. The van der Waals surface area contributed by atoms with Crippen LogP contribution in [0.2, 0.25) is 0 Å². The van der Waals surface area contributed by atoms with Crippen LogP contribution in [0.25, 0.3) is 0 Å². The van der Waals surface area contributed by atoms with Crippen LogP contribution in [0.4, 0.5) is 4.79 Å². The summed E-state index contributed by atoms with van der Waals surface area (Å²) in [4.78, 5) is 26.6. The number of halogens is 1. The summed E-state index contributed by atoms with van der Waals surface area (Å²) in [5.74, 6) is -0.0448. The third kappa shape index (κ3) is 3.17. The predicted molar refractivity (Wildman–Crippen MR) is 74.0 cm³/mol. The molecule has 2 heterocycles. The summed E-state index contributed by atoms with van der Waals surface area (Å²) < 4.78 is 5.44. The van der Waals surface area contributed by atoms with E-state index in [1.54, 1.807) is 4.90 Å². The van der Waals surface area contributed by atoms with Gasteiger partial charge in [-0.3, -0.25) is 4.79 Å². The number of hydrogen-bond donors (Lipinski definition) is 1. The summed E-state index contributed by atoms with van der Waals surface area (Å²) in [6.45, 7) is 3.55. The molecule has 7 heteroatoms. The van der Waals surface area contributed by atoms with E-state index in [9.17, 15) is 9.59 Å². The molecule has 0 aliphatic carbocycles. The minimum atomic E-state index is -0.959. The first-order valence-electron chi connectivity index (χ1n) is 7.08. The molecule has 0 aromatic rings. The lowest BCUT2D eigenvalue weighted by atomic mass is 10.0. The summed E-state index contributed by atoms with van der Waals surface area (Å²) >= 11 is 6.31. The molecule has 0 saturated carbocycles. The van der Waals surface area contributed by atoms with Crippen LogP contribution >= 0.6 is 11.6 Å². The number of alkyl halides is 1. The first-order valence-corrected chi connectivity index (χ1v) is 7.52. The van der Waals surface area contributed by atoms with Crippen LogP contribution in [-0.4, -0.2) is 70.7 Å². The molecule has 0 aromatic carbocycles. The van der Waals surface area contributed by atoms with Gasteiger partial charge in [0.05, 0.1) is 11.4 Å². The molecule has 20 heavy (non-hydrogen) atoms. The van der Waals surface area contributed by atoms with Crippen molar-refractivity contribution >= 4 is 23.6 Å². The summed E-state index contributed by atoms with van der Waals surface area (Å²) in [7, 11) is 0. The van der Waals surface area contributed by atoms with Gasteiger partial charge in [-0.05, 0) is 19.3 Å². The Hall–Kier alpha value is -1.01. The molecule has 0 spiro atoms. The molecule has 0 bridgehead atoms. The SMILES string of the molecule is CCC(Cl)C1CN(C(=O)O)CCN1C(=O)C1CCCO1. The smallest absolute Gasteiger partial charge is 0.407 e. The van der Waals surface area contributed by atoms with Gasteiger partial charge in [-0.1, -0.05) is 6.92 Å². The van der Waals surface area contributed by atoms with E-state index >= 15 is 0 Å². The van der Waals surface area contributed by atoms with Gasteiger partial charge in [0.25, 0.3) is 5.91 Å². The van der Waals surface area contributed by atoms with Gasteiger partial charge in [-0.15, -0.1) is 11.6 Å². The molecule has 2 saturated heterocycles. The zero-order chi connectivity index (χ0) is 14.7. The zero-order valence-corrected chi connectivity index (χ0v) is 12.4. The van der Waals surface area contributed by atoms with Gasteiger partial charge >= 0.3 is 6.09 Å². The maximum absolute atomic E-state index is 12.5. The summed E-state index contributed by atoms with van der Waals surface area (Å²) in [6.07, 6.45) is 0.987. The van der Waals surface area contributed by atoms with Crippen LogP contribution in [0.5, 0.6) is 0 Å². The van der Waals surface area contributed by atoms with Crippen LogP contribution in [0, 0.1) is 0 Å². The fraction of sp³-hybridized carbons (Fsp3) is 0.846. The Morgan fingerprint density at radius 1 is 1.45 bits per heavy atom. The van der Waals surface area contributed by atoms with Crippen LogP contribution < -0.4 is 0 Å². The Balaban J connectivity index is 2.09. The van der Waals surface area contributed by atoms with E-state index < -0.39 is 6.09 Å².